The summed E-state index contributed by atoms with van der Waals surface area (Å²) in [7, 11) is 0. The van der Waals surface area contributed by atoms with E-state index in [2.05, 4.69) is 62.2 Å². The number of Topliss-reactive ketones (excluding diaryl/α,β-unsaturated/α-hetero) is 1. The van der Waals surface area contributed by atoms with Gasteiger partial charge in [0.2, 0.25) is 0 Å². The van der Waals surface area contributed by atoms with E-state index in [1.54, 1.807) is 30.3 Å². The Morgan fingerprint density at radius 1 is 1.00 bits per heavy atom. The third kappa shape index (κ3) is 5.31. The van der Waals surface area contributed by atoms with Gasteiger partial charge in [0.25, 0.3) is 0 Å². The van der Waals surface area contributed by atoms with E-state index in [1.807, 2.05) is 0 Å². The number of carbonyl (C=O) groups excluding carboxylic acids is 1. The molecule has 0 amide bonds. The molecule has 4 nitrogen and oxygen atoms in total. The van der Waals surface area contributed by atoms with Crippen molar-refractivity contribution < 1.29 is 9.90 Å². The Hall–Kier alpha value is -2.88. The highest BCUT2D eigenvalue weighted by Crippen LogP contribution is 2.22. The number of aromatic nitrogens is 2. The van der Waals surface area contributed by atoms with Crippen molar-refractivity contribution in [3.8, 4) is 17.0 Å². The van der Waals surface area contributed by atoms with Crippen LogP contribution in [0.25, 0.3) is 11.3 Å². The summed E-state index contributed by atoms with van der Waals surface area (Å²) >= 11 is 0. The number of aryl methyl sites for hydroxylation is 1. The van der Waals surface area contributed by atoms with Gasteiger partial charge in [0, 0.05) is 12.5 Å². The molecule has 0 aliphatic rings. The number of benzene rings is 2. The Kier molecular flexibility index (Phi) is 5.98. The lowest BCUT2D eigenvalue weighted by Gasteiger charge is -2.18. The molecule has 0 fully saturated rings. The number of phenolic OH excluding ortho intramolecular Hbond substituents is 1. The van der Waals surface area contributed by atoms with Crippen molar-refractivity contribution in [3.63, 3.8) is 0 Å². The Labute approximate surface area is 154 Å². The van der Waals surface area contributed by atoms with E-state index in [4.69, 9.17) is 5.11 Å². The van der Waals surface area contributed by atoms with Crippen molar-refractivity contribution in [1.29, 1.82) is 0 Å². The number of aromatic hydroxyl groups is 1. The molecule has 0 spiro atoms. The minimum atomic E-state index is -0.0486. The van der Waals surface area contributed by atoms with Gasteiger partial charge in [-0.25, -0.2) is 0 Å². The number of nitrogens with zero attached hydrogens (tertiary/aromatic N) is 1. The Morgan fingerprint density at radius 3 is 2.04 bits per heavy atom. The van der Waals surface area contributed by atoms with Crippen LogP contribution in [0, 0.1) is 6.92 Å². The summed E-state index contributed by atoms with van der Waals surface area (Å²) in [6.45, 7) is 10.3. The van der Waals surface area contributed by atoms with Crippen molar-refractivity contribution in [1.82, 2.24) is 10.2 Å². The molecule has 2 aromatic carbocycles. The highest BCUT2D eigenvalue weighted by Gasteiger charge is 2.12. The maximum absolute atomic E-state index is 11.0. The fraction of sp³-hybridized carbons (Fsp3) is 0.273. The highest BCUT2D eigenvalue weighted by atomic mass is 16.3. The molecule has 136 valence electrons. The maximum Gasteiger partial charge on any atom is 0.177 e. The molecular formula is C22H26N2O2. The number of phenols is 1. The Morgan fingerprint density at radius 2 is 1.58 bits per heavy atom. The molecular weight excluding hydrogens is 324 g/mol. The normalized spacial score (nSPS) is 10.8. The summed E-state index contributed by atoms with van der Waals surface area (Å²) in [4.78, 5) is 11.0. The second-order valence-electron chi connectivity index (χ2n) is 7.39. The number of ketones is 1. The molecule has 0 aliphatic heterocycles. The molecule has 0 radical (unpaired) electrons. The number of aromatic amines is 1. The van der Waals surface area contributed by atoms with E-state index in [0.29, 0.717) is 11.4 Å². The van der Waals surface area contributed by atoms with Crippen molar-refractivity contribution in [2.75, 3.05) is 0 Å². The van der Waals surface area contributed by atoms with E-state index < -0.39 is 0 Å². The minimum absolute atomic E-state index is 0.0486. The molecule has 0 atom stereocenters. The third-order valence-electron chi connectivity index (χ3n) is 4.04. The van der Waals surface area contributed by atoms with Crippen molar-refractivity contribution >= 4 is 5.78 Å². The fourth-order valence-corrected chi connectivity index (χ4v) is 2.34. The van der Waals surface area contributed by atoms with Crippen LogP contribution in [0.2, 0.25) is 0 Å². The number of H-pyrrole nitrogens is 1. The van der Waals surface area contributed by atoms with Crippen LogP contribution >= 0.6 is 0 Å². The van der Waals surface area contributed by atoms with Crippen LogP contribution in [0.3, 0.4) is 0 Å². The minimum Gasteiger partial charge on any atom is -0.508 e. The number of hydrogen-bond acceptors (Lipinski definition) is 3. The van der Waals surface area contributed by atoms with E-state index in [1.165, 1.54) is 18.1 Å². The monoisotopic (exact) mass is 350 g/mol. The maximum atomic E-state index is 11.0. The predicted molar refractivity (Wildman–Crippen MR) is 106 cm³/mol. The number of carbonyl (C=O) groups is 1. The van der Waals surface area contributed by atoms with Gasteiger partial charge in [-0.2, -0.15) is 5.10 Å². The molecule has 3 rings (SSSR count). The molecule has 0 aliphatic carbocycles. The number of rotatable bonds is 2. The second-order valence-corrected chi connectivity index (χ2v) is 7.39. The topological polar surface area (TPSA) is 66.0 Å². The van der Waals surface area contributed by atoms with Crippen molar-refractivity contribution in [2.45, 2.75) is 40.0 Å². The zero-order chi connectivity index (χ0) is 19.3. The van der Waals surface area contributed by atoms with Gasteiger partial charge >= 0.3 is 0 Å². The average Bonchev–Trinajstić information content (AvgIpc) is 3.06. The van der Waals surface area contributed by atoms with E-state index in [-0.39, 0.29) is 16.9 Å². The van der Waals surface area contributed by atoms with Gasteiger partial charge < -0.3 is 5.11 Å². The van der Waals surface area contributed by atoms with E-state index in [0.717, 1.165) is 5.56 Å². The number of nitrogens with one attached hydrogen (secondary N) is 1. The van der Waals surface area contributed by atoms with Gasteiger partial charge in [0.1, 0.15) is 11.4 Å². The number of hydrogen-bond donors (Lipinski definition) is 2. The lowest BCUT2D eigenvalue weighted by molar-refractivity contribution is 0.101. The predicted octanol–water partition coefficient (Wildman–Crippen LogP) is 5.28. The molecule has 4 heteroatoms. The van der Waals surface area contributed by atoms with Crippen LogP contribution in [0.4, 0.5) is 0 Å². The zero-order valence-electron chi connectivity index (χ0n) is 16.0. The van der Waals surface area contributed by atoms with Crippen LogP contribution in [0.1, 0.15) is 49.3 Å². The SMILES string of the molecule is CC(=O)c1cc(-c2ccc(O)cc2)n[nH]1.Cc1ccc(C(C)(C)C)cc1. The summed E-state index contributed by atoms with van der Waals surface area (Å²) < 4.78 is 0. The largest absolute Gasteiger partial charge is 0.508 e. The first-order valence-electron chi connectivity index (χ1n) is 8.60. The van der Waals surface area contributed by atoms with Crippen molar-refractivity contribution in [3.05, 3.63) is 71.4 Å². The molecule has 26 heavy (non-hydrogen) atoms. The van der Waals surface area contributed by atoms with E-state index >= 15 is 0 Å². The first kappa shape index (κ1) is 19.4. The molecule has 3 aromatic rings. The van der Waals surface area contributed by atoms with Gasteiger partial charge in [-0.15, -0.1) is 0 Å². The van der Waals surface area contributed by atoms with Crippen LogP contribution in [0.15, 0.2) is 54.6 Å². The summed E-state index contributed by atoms with van der Waals surface area (Å²) in [5, 5.41) is 15.8. The molecule has 0 saturated heterocycles. The summed E-state index contributed by atoms with van der Waals surface area (Å²) in [5.74, 6) is 0.161. The van der Waals surface area contributed by atoms with Crippen molar-refractivity contribution in [2.24, 2.45) is 0 Å². The molecule has 1 aromatic heterocycles. The zero-order valence-corrected chi connectivity index (χ0v) is 16.0. The highest BCUT2D eigenvalue weighted by molar-refractivity contribution is 5.93. The first-order valence-corrected chi connectivity index (χ1v) is 8.60. The second kappa shape index (κ2) is 8.00. The van der Waals surface area contributed by atoms with Crippen LogP contribution in [-0.2, 0) is 5.41 Å². The van der Waals surface area contributed by atoms with Crippen LogP contribution in [0.5, 0.6) is 5.75 Å². The quantitative estimate of drug-likeness (QED) is 0.618. The van der Waals surface area contributed by atoms with Gasteiger partial charge in [-0.05, 0) is 48.2 Å². The fourth-order valence-electron chi connectivity index (χ4n) is 2.34. The molecule has 0 unspecified atom stereocenters. The summed E-state index contributed by atoms with van der Waals surface area (Å²) in [5.41, 5.74) is 5.06. The first-order chi connectivity index (χ1) is 12.2. The van der Waals surface area contributed by atoms with Gasteiger partial charge in [-0.3, -0.25) is 9.89 Å². The van der Waals surface area contributed by atoms with E-state index in [9.17, 15) is 4.79 Å². The lowest BCUT2D eigenvalue weighted by atomic mass is 9.87. The van der Waals surface area contributed by atoms with Gasteiger partial charge in [0.15, 0.2) is 5.78 Å². The molecule has 1 heterocycles. The Bertz CT molecular complexity index is 854. The van der Waals surface area contributed by atoms with Crippen LogP contribution < -0.4 is 0 Å². The smallest absolute Gasteiger partial charge is 0.177 e. The Balaban J connectivity index is 0.000000197. The summed E-state index contributed by atoms with van der Waals surface area (Å²) in [6.07, 6.45) is 0. The molecule has 2 N–H and O–H groups in total. The van der Waals surface area contributed by atoms with Gasteiger partial charge in [0.05, 0.1) is 5.69 Å². The summed E-state index contributed by atoms with van der Waals surface area (Å²) in [6, 6.07) is 17.1. The van der Waals surface area contributed by atoms with Crippen LogP contribution in [-0.4, -0.2) is 21.1 Å². The average molecular weight is 350 g/mol. The lowest BCUT2D eigenvalue weighted by Crippen LogP contribution is -2.10. The van der Waals surface area contributed by atoms with Gasteiger partial charge in [-0.1, -0.05) is 50.6 Å². The standard InChI is InChI=1S/C11H10N2O2.C11H16/c1-7(14)10-6-11(13-12-10)8-2-4-9(15)5-3-8;1-9-5-7-10(8-6-9)11(2,3)4/h2-6,15H,1H3,(H,12,13);5-8H,1-4H3. The third-order valence-corrected chi connectivity index (χ3v) is 4.04. The molecule has 0 bridgehead atoms. The molecule has 0 saturated carbocycles.